The van der Waals surface area contributed by atoms with E-state index in [2.05, 4.69) is 20.6 Å². The average Bonchev–Trinajstić information content (AvgIpc) is 3.18. The van der Waals surface area contributed by atoms with Crippen LogP contribution in [0, 0.1) is 19.3 Å². The van der Waals surface area contributed by atoms with Crippen LogP contribution in [0.25, 0.3) is 0 Å². The number of halogens is 1. The van der Waals surface area contributed by atoms with Crippen molar-refractivity contribution in [2.24, 2.45) is 10.4 Å². The third kappa shape index (κ3) is 5.42. The lowest BCUT2D eigenvalue weighted by molar-refractivity contribution is 0.172. The number of oxazole rings is 1. The lowest BCUT2D eigenvalue weighted by atomic mass is 10.0. The summed E-state index contributed by atoms with van der Waals surface area (Å²) in [6.45, 7) is 6.16. The molecule has 1 aliphatic carbocycles. The summed E-state index contributed by atoms with van der Waals surface area (Å²) < 4.78 is 10.7. The van der Waals surface area contributed by atoms with Gasteiger partial charge in [-0.15, -0.1) is 24.0 Å². The lowest BCUT2D eigenvalue weighted by Gasteiger charge is -2.17. The maximum atomic E-state index is 5.55. The predicted octanol–water partition coefficient (Wildman–Crippen LogP) is 2.39. The van der Waals surface area contributed by atoms with Crippen molar-refractivity contribution in [1.82, 2.24) is 15.6 Å². The summed E-state index contributed by atoms with van der Waals surface area (Å²) in [7, 11) is 3.53. The van der Waals surface area contributed by atoms with Crippen LogP contribution >= 0.6 is 24.0 Å². The van der Waals surface area contributed by atoms with Gasteiger partial charge in [-0.1, -0.05) is 0 Å². The van der Waals surface area contributed by atoms with Crippen LogP contribution in [0.5, 0.6) is 0 Å². The van der Waals surface area contributed by atoms with Gasteiger partial charge in [-0.2, -0.15) is 0 Å². The van der Waals surface area contributed by atoms with Crippen LogP contribution in [0.15, 0.2) is 9.41 Å². The number of aryl methyl sites for hydroxylation is 2. The SMILES string of the molecule is CN=C(NCc1nc(C)c(C)o1)NCC1(CCOC)CC1.I. The highest BCUT2D eigenvalue weighted by atomic mass is 127. The molecule has 6 nitrogen and oxygen atoms in total. The molecule has 1 aliphatic rings. The van der Waals surface area contributed by atoms with Crippen LogP contribution < -0.4 is 10.6 Å². The van der Waals surface area contributed by atoms with Crippen molar-refractivity contribution in [2.45, 2.75) is 39.7 Å². The van der Waals surface area contributed by atoms with Crippen molar-refractivity contribution in [1.29, 1.82) is 0 Å². The number of methoxy groups -OCH3 is 1. The largest absolute Gasteiger partial charge is 0.444 e. The number of aliphatic imine (C=N–C) groups is 1. The molecule has 0 unspecified atom stereocenters. The quantitative estimate of drug-likeness (QED) is 0.401. The molecule has 0 radical (unpaired) electrons. The predicted molar refractivity (Wildman–Crippen MR) is 97.8 cm³/mol. The summed E-state index contributed by atoms with van der Waals surface area (Å²) in [4.78, 5) is 8.59. The lowest BCUT2D eigenvalue weighted by Crippen LogP contribution is -2.40. The maximum absolute atomic E-state index is 5.55. The summed E-state index contributed by atoms with van der Waals surface area (Å²) in [5, 5.41) is 6.62. The second-order valence-electron chi connectivity index (χ2n) is 5.77. The monoisotopic (exact) mass is 422 g/mol. The smallest absolute Gasteiger partial charge is 0.214 e. The molecule has 0 bridgehead atoms. The van der Waals surface area contributed by atoms with E-state index in [9.17, 15) is 0 Å². The van der Waals surface area contributed by atoms with E-state index in [-0.39, 0.29) is 24.0 Å². The molecule has 1 aromatic heterocycles. The van der Waals surface area contributed by atoms with Gasteiger partial charge in [0.05, 0.1) is 12.2 Å². The molecule has 0 atom stereocenters. The van der Waals surface area contributed by atoms with E-state index in [0.717, 1.165) is 37.0 Å². The Kier molecular flexibility index (Phi) is 7.61. The molecule has 1 aromatic rings. The van der Waals surface area contributed by atoms with Gasteiger partial charge in [0, 0.05) is 27.3 Å². The molecule has 2 N–H and O–H groups in total. The molecule has 2 rings (SSSR count). The van der Waals surface area contributed by atoms with Crippen LogP contribution in [0.1, 0.15) is 36.6 Å². The summed E-state index contributed by atoms with van der Waals surface area (Å²) in [5.74, 6) is 2.34. The summed E-state index contributed by atoms with van der Waals surface area (Å²) in [5.41, 5.74) is 1.33. The van der Waals surface area contributed by atoms with E-state index in [0.29, 0.717) is 17.9 Å². The van der Waals surface area contributed by atoms with Crippen molar-refractivity contribution in [3.05, 3.63) is 17.3 Å². The molecule has 0 spiro atoms. The van der Waals surface area contributed by atoms with Gasteiger partial charge in [0.25, 0.3) is 0 Å². The Morgan fingerprint density at radius 3 is 2.59 bits per heavy atom. The highest BCUT2D eigenvalue weighted by Crippen LogP contribution is 2.48. The fraction of sp³-hybridized carbons (Fsp3) is 0.733. The van der Waals surface area contributed by atoms with Gasteiger partial charge in [-0.25, -0.2) is 4.98 Å². The first kappa shape index (κ1) is 19.2. The number of ether oxygens (including phenoxy) is 1. The first-order chi connectivity index (χ1) is 10.1. The van der Waals surface area contributed by atoms with Gasteiger partial charge in [-0.3, -0.25) is 4.99 Å². The normalized spacial score (nSPS) is 16.1. The summed E-state index contributed by atoms with van der Waals surface area (Å²) >= 11 is 0. The van der Waals surface area contributed by atoms with Crippen LogP contribution in [0.2, 0.25) is 0 Å². The van der Waals surface area contributed by atoms with E-state index >= 15 is 0 Å². The van der Waals surface area contributed by atoms with Crippen molar-refractivity contribution in [2.75, 3.05) is 27.3 Å². The number of hydrogen-bond donors (Lipinski definition) is 2. The molecule has 0 aliphatic heterocycles. The molecule has 22 heavy (non-hydrogen) atoms. The Hall–Kier alpha value is -0.830. The molecule has 0 saturated heterocycles. The van der Waals surface area contributed by atoms with Gasteiger partial charge in [-0.05, 0) is 38.5 Å². The second kappa shape index (κ2) is 8.71. The van der Waals surface area contributed by atoms with Crippen LogP contribution in [0.4, 0.5) is 0 Å². The molecule has 0 aromatic carbocycles. The molecule has 7 heteroatoms. The zero-order valence-corrected chi connectivity index (χ0v) is 16.2. The average molecular weight is 422 g/mol. The van der Waals surface area contributed by atoms with E-state index in [4.69, 9.17) is 9.15 Å². The minimum Gasteiger partial charge on any atom is -0.444 e. The number of nitrogens with one attached hydrogen (secondary N) is 2. The standard InChI is InChI=1S/C15H26N4O2.HI/c1-11-12(2)21-13(19-11)9-17-14(16-3)18-10-15(5-6-15)7-8-20-4;/h5-10H2,1-4H3,(H2,16,17,18);1H. The molecule has 0 amide bonds. The van der Waals surface area contributed by atoms with Gasteiger partial charge in [0.15, 0.2) is 5.96 Å². The number of guanidine groups is 1. The van der Waals surface area contributed by atoms with Gasteiger partial charge in [0.2, 0.25) is 5.89 Å². The zero-order valence-electron chi connectivity index (χ0n) is 13.9. The maximum Gasteiger partial charge on any atom is 0.214 e. The van der Waals surface area contributed by atoms with Crippen molar-refractivity contribution < 1.29 is 9.15 Å². The van der Waals surface area contributed by atoms with Gasteiger partial charge in [0.1, 0.15) is 5.76 Å². The number of nitrogens with zero attached hydrogens (tertiary/aromatic N) is 2. The Morgan fingerprint density at radius 2 is 2.09 bits per heavy atom. The molecule has 126 valence electrons. The van der Waals surface area contributed by atoms with Crippen LogP contribution in [-0.2, 0) is 11.3 Å². The third-order valence-corrected chi connectivity index (χ3v) is 4.13. The molecular formula is C15H27IN4O2. The summed E-state index contributed by atoms with van der Waals surface area (Å²) in [6, 6.07) is 0. The topological polar surface area (TPSA) is 71.7 Å². The van der Waals surface area contributed by atoms with Gasteiger partial charge < -0.3 is 19.8 Å². The number of aromatic nitrogens is 1. The van der Waals surface area contributed by atoms with E-state index in [1.807, 2.05) is 13.8 Å². The van der Waals surface area contributed by atoms with Crippen molar-refractivity contribution in [3.8, 4) is 0 Å². The highest BCUT2D eigenvalue weighted by molar-refractivity contribution is 14.0. The van der Waals surface area contributed by atoms with Gasteiger partial charge >= 0.3 is 0 Å². The molecule has 1 heterocycles. The molecule has 1 saturated carbocycles. The Morgan fingerprint density at radius 1 is 1.36 bits per heavy atom. The molecular weight excluding hydrogens is 395 g/mol. The van der Waals surface area contributed by atoms with Crippen molar-refractivity contribution in [3.63, 3.8) is 0 Å². The summed E-state index contributed by atoms with van der Waals surface area (Å²) in [6.07, 6.45) is 3.63. The number of rotatable bonds is 7. The minimum absolute atomic E-state index is 0. The Balaban J connectivity index is 0.00000242. The van der Waals surface area contributed by atoms with Crippen LogP contribution in [0.3, 0.4) is 0 Å². The van der Waals surface area contributed by atoms with E-state index in [1.165, 1.54) is 12.8 Å². The van der Waals surface area contributed by atoms with E-state index < -0.39 is 0 Å². The highest BCUT2D eigenvalue weighted by Gasteiger charge is 2.41. The second-order valence-corrected chi connectivity index (χ2v) is 5.77. The fourth-order valence-electron chi connectivity index (χ4n) is 2.28. The molecule has 1 fully saturated rings. The van der Waals surface area contributed by atoms with E-state index in [1.54, 1.807) is 14.2 Å². The Labute approximate surface area is 149 Å². The fourth-order valence-corrected chi connectivity index (χ4v) is 2.28. The van der Waals surface area contributed by atoms with Crippen molar-refractivity contribution >= 4 is 29.9 Å². The van der Waals surface area contributed by atoms with Crippen LogP contribution in [-0.4, -0.2) is 38.3 Å². The minimum atomic E-state index is 0. The number of hydrogen-bond acceptors (Lipinski definition) is 4. The third-order valence-electron chi connectivity index (χ3n) is 4.13. The first-order valence-electron chi connectivity index (χ1n) is 7.45. The zero-order chi connectivity index (χ0) is 15.3. The first-order valence-corrected chi connectivity index (χ1v) is 7.45. The Bertz CT molecular complexity index is 478.